The third kappa shape index (κ3) is 3.74. The van der Waals surface area contributed by atoms with E-state index in [4.69, 9.17) is 4.99 Å². The number of nitrogens with zero attached hydrogens (tertiary/aromatic N) is 3. The van der Waals surface area contributed by atoms with Gasteiger partial charge in [-0.3, -0.25) is 14.5 Å². The normalized spacial score (nSPS) is 18.9. The second-order valence-electron chi connectivity index (χ2n) is 8.26. The molecular formula is C28H25N3O2S. The molecule has 0 unspecified atom stereocenters. The number of carbonyl (C=O) groups excluding carboxylic acids is 2. The zero-order valence-electron chi connectivity index (χ0n) is 19.4. The predicted octanol–water partition coefficient (Wildman–Crippen LogP) is 5.97. The zero-order chi connectivity index (χ0) is 23.8. The van der Waals surface area contributed by atoms with Gasteiger partial charge in [-0.2, -0.15) is 0 Å². The van der Waals surface area contributed by atoms with E-state index in [1.165, 1.54) is 22.9 Å². The Morgan fingerprint density at radius 3 is 2.06 bits per heavy atom. The zero-order valence-corrected chi connectivity index (χ0v) is 20.2. The van der Waals surface area contributed by atoms with Crippen LogP contribution in [0.4, 0.5) is 17.1 Å². The first-order valence-electron chi connectivity index (χ1n) is 11.4. The van der Waals surface area contributed by atoms with Gasteiger partial charge in [0.2, 0.25) is 0 Å². The highest BCUT2D eigenvalue weighted by Gasteiger charge is 2.42. The van der Waals surface area contributed by atoms with Gasteiger partial charge in [0.05, 0.1) is 27.5 Å². The number of rotatable bonds is 4. The van der Waals surface area contributed by atoms with Gasteiger partial charge in [-0.25, -0.2) is 4.99 Å². The smallest absolute Gasteiger partial charge is 0.272 e. The lowest BCUT2D eigenvalue weighted by atomic mass is 10.1. The highest BCUT2D eigenvalue weighted by Crippen LogP contribution is 2.45. The Hall–Kier alpha value is -3.64. The summed E-state index contributed by atoms with van der Waals surface area (Å²) in [6, 6.07) is 23.5. The monoisotopic (exact) mass is 467 g/mol. The van der Waals surface area contributed by atoms with Gasteiger partial charge in [0.25, 0.3) is 11.8 Å². The second-order valence-corrected chi connectivity index (χ2v) is 9.24. The molecule has 3 aromatic rings. The van der Waals surface area contributed by atoms with Crippen molar-refractivity contribution in [3.63, 3.8) is 0 Å². The molecule has 5 nitrogen and oxygen atoms in total. The number of amidine groups is 1. The maximum atomic E-state index is 13.8. The number of hydrogen-bond acceptors (Lipinski definition) is 4. The Morgan fingerprint density at radius 1 is 0.794 bits per heavy atom. The quantitative estimate of drug-likeness (QED) is 0.445. The van der Waals surface area contributed by atoms with Crippen LogP contribution in [0.25, 0.3) is 5.57 Å². The SMILES string of the molecule is CCc1ccc(N=C2SC(=C3C(=O)N(C)c4ccccc43)C(=O)N2c2ccc(CC)cc2)cc1. The third-order valence-corrected chi connectivity index (χ3v) is 7.27. The Balaban J connectivity index is 1.65. The molecule has 0 atom stereocenters. The number of anilines is 2. The van der Waals surface area contributed by atoms with E-state index in [2.05, 4.69) is 13.8 Å². The topological polar surface area (TPSA) is 53.0 Å². The Morgan fingerprint density at radius 2 is 1.41 bits per heavy atom. The van der Waals surface area contributed by atoms with Crippen LogP contribution in [-0.2, 0) is 22.4 Å². The first-order chi connectivity index (χ1) is 16.5. The van der Waals surface area contributed by atoms with Crippen molar-refractivity contribution in [2.45, 2.75) is 26.7 Å². The van der Waals surface area contributed by atoms with Gasteiger partial charge in [-0.15, -0.1) is 0 Å². The molecule has 0 aromatic heterocycles. The van der Waals surface area contributed by atoms with Crippen molar-refractivity contribution < 1.29 is 9.59 Å². The number of para-hydroxylation sites is 1. The molecule has 170 valence electrons. The summed E-state index contributed by atoms with van der Waals surface area (Å²) in [5.41, 5.74) is 5.95. The molecule has 1 saturated heterocycles. The summed E-state index contributed by atoms with van der Waals surface area (Å²) in [5.74, 6) is -0.404. The fourth-order valence-corrected chi connectivity index (χ4v) is 5.31. The lowest BCUT2D eigenvalue weighted by molar-refractivity contribution is -0.115. The third-order valence-electron chi connectivity index (χ3n) is 6.23. The molecule has 2 aliphatic heterocycles. The fourth-order valence-electron chi connectivity index (χ4n) is 4.21. The van der Waals surface area contributed by atoms with Crippen molar-refractivity contribution >= 4 is 51.4 Å². The van der Waals surface area contributed by atoms with Gasteiger partial charge < -0.3 is 4.90 Å². The van der Waals surface area contributed by atoms with Crippen LogP contribution in [0.2, 0.25) is 0 Å². The summed E-state index contributed by atoms with van der Waals surface area (Å²) in [4.78, 5) is 35.5. The minimum atomic E-state index is -0.230. The maximum absolute atomic E-state index is 13.8. The van der Waals surface area contributed by atoms with E-state index in [0.29, 0.717) is 15.6 Å². The number of benzene rings is 3. The first-order valence-corrected chi connectivity index (χ1v) is 12.2. The van der Waals surface area contributed by atoms with E-state index in [0.717, 1.165) is 35.5 Å². The molecule has 0 N–H and O–H groups in total. The molecule has 2 amide bonds. The molecule has 0 bridgehead atoms. The molecule has 1 fully saturated rings. The van der Waals surface area contributed by atoms with Crippen molar-refractivity contribution in [1.82, 2.24) is 0 Å². The molecule has 0 spiro atoms. The largest absolute Gasteiger partial charge is 0.311 e. The van der Waals surface area contributed by atoms with Crippen molar-refractivity contribution in [3.05, 3.63) is 94.4 Å². The number of carbonyl (C=O) groups is 2. The summed E-state index contributed by atoms with van der Waals surface area (Å²) in [5, 5.41) is 0.542. The number of aryl methyl sites for hydroxylation is 2. The number of thioether (sulfide) groups is 1. The molecule has 0 radical (unpaired) electrons. The fraction of sp³-hybridized carbons (Fsp3) is 0.179. The van der Waals surface area contributed by atoms with Crippen LogP contribution < -0.4 is 9.80 Å². The van der Waals surface area contributed by atoms with Crippen LogP contribution in [0.1, 0.15) is 30.5 Å². The van der Waals surface area contributed by atoms with Gasteiger partial charge in [-0.1, -0.05) is 56.3 Å². The number of fused-ring (bicyclic) bond motifs is 1. The molecule has 3 aromatic carbocycles. The van der Waals surface area contributed by atoms with Crippen molar-refractivity contribution in [2.24, 2.45) is 4.99 Å². The highest BCUT2D eigenvalue weighted by atomic mass is 32.2. The minimum Gasteiger partial charge on any atom is -0.311 e. The molecule has 2 aliphatic rings. The van der Waals surface area contributed by atoms with Crippen molar-refractivity contribution in [2.75, 3.05) is 16.8 Å². The second kappa shape index (κ2) is 8.95. The van der Waals surface area contributed by atoms with E-state index in [-0.39, 0.29) is 11.8 Å². The average molecular weight is 468 g/mol. The van der Waals surface area contributed by atoms with Crippen LogP contribution in [0.3, 0.4) is 0 Å². The first kappa shape index (κ1) is 22.2. The molecule has 0 aliphatic carbocycles. The lowest BCUT2D eigenvalue weighted by Crippen LogP contribution is -2.29. The summed E-state index contributed by atoms with van der Waals surface area (Å²) >= 11 is 1.26. The van der Waals surface area contributed by atoms with Gasteiger partial charge in [-0.05, 0) is 66.1 Å². The summed E-state index contributed by atoms with van der Waals surface area (Å²) in [7, 11) is 1.74. The lowest BCUT2D eigenvalue weighted by Gasteiger charge is -2.16. The van der Waals surface area contributed by atoms with Crippen molar-refractivity contribution in [3.8, 4) is 0 Å². The van der Waals surface area contributed by atoms with Crippen molar-refractivity contribution in [1.29, 1.82) is 0 Å². The van der Waals surface area contributed by atoms with Gasteiger partial charge in [0, 0.05) is 12.6 Å². The maximum Gasteiger partial charge on any atom is 0.272 e. The Bertz CT molecular complexity index is 1340. The van der Waals surface area contributed by atoms with Crippen LogP contribution in [0, 0.1) is 0 Å². The molecule has 2 heterocycles. The van der Waals surface area contributed by atoms with Gasteiger partial charge >= 0.3 is 0 Å². The van der Waals surface area contributed by atoms with Crippen LogP contribution >= 0.6 is 11.8 Å². The van der Waals surface area contributed by atoms with E-state index in [1.54, 1.807) is 16.8 Å². The summed E-state index contributed by atoms with van der Waals surface area (Å²) in [6.07, 6.45) is 1.87. The molecule has 34 heavy (non-hydrogen) atoms. The number of amides is 2. The molecule has 0 saturated carbocycles. The number of aliphatic imine (C=N–C) groups is 1. The van der Waals surface area contributed by atoms with Gasteiger partial charge in [0.1, 0.15) is 0 Å². The summed E-state index contributed by atoms with van der Waals surface area (Å²) < 4.78 is 0. The van der Waals surface area contributed by atoms with Crippen LogP contribution in [0.5, 0.6) is 0 Å². The Labute approximate surface area is 203 Å². The minimum absolute atomic E-state index is 0.174. The number of likely N-dealkylation sites (N-methyl/N-ethyl adjacent to an activating group) is 1. The molecule has 5 rings (SSSR count). The average Bonchev–Trinajstić information content (AvgIpc) is 3.32. The van der Waals surface area contributed by atoms with Crippen LogP contribution in [0.15, 0.2) is 82.7 Å². The molecular weight excluding hydrogens is 442 g/mol. The number of hydrogen-bond donors (Lipinski definition) is 0. The molecule has 6 heteroatoms. The summed E-state index contributed by atoms with van der Waals surface area (Å²) in [6.45, 7) is 4.21. The Kier molecular flexibility index (Phi) is 5.84. The van der Waals surface area contributed by atoms with E-state index >= 15 is 0 Å². The highest BCUT2D eigenvalue weighted by molar-refractivity contribution is 8.19. The van der Waals surface area contributed by atoms with Gasteiger partial charge in [0.15, 0.2) is 5.17 Å². The van der Waals surface area contributed by atoms with E-state index in [1.807, 2.05) is 72.8 Å². The van der Waals surface area contributed by atoms with E-state index in [9.17, 15) is 9.59 Å². The van der Waals surface area contributed by atoms with E-state index < -0.39 is 0 Å². The standard InChI is InChI=1S/C28H25N3O2S/c1-4-18-10-14-20(15-11-18)29-28-31(21-16-12-19(5-2)13-17-21)27(33)25(34-28)24-22-8-6-7-9-23(22)30(3)26(24)32/h6-17H,4-5H2,1-3H3. The predicted molar refractivity (Wildman–Crippen MR) is 141 cm³/mol. The van der Waals surface area contributed by atoms with Crippen LogP contribution in [-0.4, -0.2) is 24.0 Å².